The van der Waals surface area contributed by atoms with Crippen LogP contribution in [-0.2, 0) is 6.18 Å². The molecule has 1 aromatic heterocycles. The molecule has 8 heteroatoms. The average molecular weight is 346 g/mol. The lowest BCUT2D eigenvalue weighted by atomic mass is 10.1. The molecule has 0 fully saturated rings. The standard InChI is InChI=1S/C17H13F3N4O/c1-25-14-8-7-11(17(18,19)20)9-13(14)15-21-10-22-16(24-15)23-12-5-3-2-4-6-12/h2-10H,1H3,(H,21,22,23,24). The van der Waals surface area contributed by atoms with E-state index in [1.165, 1.54) is 19.5 Å². The molecule has 0 aliphatic heterocycles. The van der Waals surface area contributed by atoms with Gasteiger partial charge in [0.05, 0.1) is 18.2 Å². The van der Waals surface area contributed by atoms with E-state index < -0.39 is 11.7 Å². The Labute approximate surface area is 141 Å². The maximum absolute atomic E-state index is 13.0. The van der Waals surface area contributed by atoms with Gasteiger partial charge in [0.2, 0.25) is 5.95 Å². The smallest absolute Gasteiger partial charge is 0.416 e. The van der Waals surface area contributed by atoms with Crippen molar-refractivity contribution < 1.29 is 17.9 Å². The van der Waals surface area contributed by atoms with E-state index in [0.717, 1.165) is 17.8 Å². The topological polar surface area (TPSA) is 59.9 Å². The summed E-state index contributed by atoms with van der Waals surface area (Å²) in [5.74, 6) is 0.539. The van der Waals surface area contributed by atoms with Crippen molar-refractivity contribution in [2.45, 2.75) is 6.18 Å². The fourth-order valence-corrected chi connectivity index (χ4v) is 2.20. The number of alkyl halides is 3. The maximum Gasteiger partial charge on any atom is 0.416 e. The highest BCUT2D eigenvalue weighted by molar-refractivity contribution is 5.66. The molecule has 0 amide bonds. The number of anilines is 2. The zero-order valence-corrected chi connectivity index (χ0v) is 13.1. The predicted octanol–water partition coefficient (Wildman–Crippen LogP) is 4.31. The van der Waals surface area contributed by atoms with Crippen LogP contribution in [0.4, 0.5) is 24.8 Å². The van der Waals surface area contributed by atoms with Crippen LogP contribution in [0.2, 0.25) is 0 Å². The molecule has 5 nitrogen and oxygen atoms in total. The molecular weight excluding hydrogens is 333 g/mol. The SMILES string of the molecule is COc1ccc(C(F)(F)F)cc1-c1ncnc(Nc2ccccc2)n1. The van der Waals surface area contributed by atoms with Crippen LogP contribution < -0.4 is 10.1 Å². The van der Waals surface area contributed by atoms with Crippen LogP contribution in [0.15, 0.2) is 54.9 Å². The van der Waals surface area contributed by atoms with Crippen molar-refractivity contribution in [3.05, 3.63) is 60.4 Å². The number of benzene rings is 2. The second-order valence-electron chi connectivity index (χ2n) is 5.04. The van der Waals surface area contributed by atoms with Gasteiger partial charge < -0.3 is 10.1 Å². The molecule has 3 rings (SSSR count). The summed E-state index contributed by atoms with van der Waals surface area (Å²) in [7, 11) is 1.37. The average Bonchev–Trinajstić information content (AvgIpc) is 2.61. The minimum absolute atomic E-state index is 0.0800. The molecule has 0 aliphatic rings. The van der Waals surface area contributed by atoms with Crippen molar-refractivity contribution in [2.75, 3.05) is 12.4 Å². The lowest BCUT2D eigenvalue weighted by Gasteiger charge is -2.12. The van der Waals surface area contributed by atoms with Crippen LogP contribution in [-0.4, -0.2) is 22.1 Å². The van der Waals surface area contributed by atoms with Gasteiger partial charge in [0.1, 0.15) is 12.1 Å². The number of nitrogens with zero attached hydrogens (tertiary/aromatic N) is 3. The first-order valence-electron chi connectivity index (χ1n) is 7.24. The van der Waals surface area contributed by atoms with Crippen molar-refractivity contribution >= 4 is 11.6 Å². The molecule has 0 saturated heterocycles. The van der Waals surface area contributed by atoms with E-state index >= 15 is 0 Å². The summed E-state index contributed by atoms with van der Waals surface area (Å²) in [5.41, 5.74) is 0.0766. The molecule has 0 bridgehead atoms. The first-order valence-corrected chi connectivity index (χ1v) is 7.24. The summed E-state index contributed by atoms with van der Waals surface area (Å²) in [6.07, 6.45) is -3.24. The lowest BCUT2D eigenvalue weighted by Crippen LogP contribution is -2.06. The zero-order valence-electron chi connectivity index (χ0n) is 13.1. The molecule has 0 saturated carbocycles. The Morgan fingerprint density at radius 3 is 2.44 bits per heavy atom. The minimum atomic E-state index is -4.47. The molecule has 0 radical (unpaired) electrons. The van der Waals surface area contributed by atoms with E-state index in [9.17, 15) is 13.2 Å². The Bertz CT molecular complexity index is 869. The van der Waals surface area contributed by atoms with Crippen molar-refractivity contribution in [3.63, 3.8) is 0 Å². The van der Waals surface area contributed by atoms with Gasteiger partial charge in [-0.25, -0.2) is 9.97 Å². The van der Waals surface area contributed by atoms with Crippen LogP contribution in [0.3, 0.4) is 0 Å². The number of halogens is 3. The second kappa shape index (κ2) is 6.76. The molecule has 3 aromatic rings. The fraction of sp³-hybridized carbons (Fsp3) is 0.118. The van der Waals surface area contributed by atoms with Gasteiger partial charge in [-0.05, 0) is 30.3 Å². The van der Waals surface area contributed by atoms with E-state index in [4.69, 9.17) is 4.74 Å². The van der Waals surface area contributed by atoms with E-state index in [1.54, 1.807) is 0 Å². The number of aromatic nitrogens is 3. The van der Waals surface area contributed by atoms with Gasteiger partial charge in [-0.1, -0.05) is 18.2 Å². The van der Waals surface area contributed by atoms with Gasteiger partial charge in [-0.3, -0.25) is 0 Å². The largest absolute Gasteiger partial charge is 0.496 e. The molecule has 0 aliphatic carbocycles. The molecule has 1 heterocycles. The summed E-state index contributed by atoms with van der Waals surface area (Å²) >= 11 is 0. The van der Waals surface area contributed by atoms with E-state index in [2.05, 4.69) is 20.3 Å². The number of hydrogen-bond acceptors (Lipinski definition) is 5. The van der Waals surface area contributed by atoms with Crippen LogP contribution >= 0.6 is 0 Å². The first kappa shape index (κ1) is 16.7. The fourth-order valence-electron chi connectivity index (χ4n) is 2.20. The maximum atomic E-state index is 13.0. The van der Waals surface area contributed by atoms with Crippen molar-refractivity contribution in [1.29, 1.82) is 0 Å². The molecule has 0 unspecified atom stereocenters. The number of para-hydroxylation sites is 1. The molecule has 25 heavy (non-hydrogen) atoms. The van der Waals surface area contributed by atoms with Crippen LogP contribution in [0.5, 0.6) is 5.75 Å². The van der Waals surface area contributed by atoms with Gasteiger partial charge >= 0.3 is 6.18 Å². The molecule has 2 aromatic carbocycles. The number of ether oxygens (including phenoxy) is 1. The van der Waals surface area contributed by atoms with E-state index in [1.807, 2.05) is 30.3 Å². The Hall–Kier alpha value is -3.16. The monoisotopic (exact) mass is 346 g/mol. The van der Waals surface area contributed by atoms with Crippen molar-refractivity contribution in [1.82, 2.24) is 15.0 Å². The number of rotatable bonds is 4. The highest BCUT2D eigenvalue weighted by atomic mass is 19.4. The van der Waals surface area contributed by atoms with Crippen LogP contribution in [0.25, 0.3) is 11.4 Å². The minimum Gasteiger partial charge on any atom is -0.496 e. The first-order chi connectivity index (χ1) is 12.0. The second-order valence-corrected chi connectivity index (χ2v) is 5.04. The molecule has 0 atom stereocenters. The quantitative estimate of drug-likeness (QED) is 0.763. The van der Waals surface area contributed by atoms with Gasteiger partial charge in [-0.2, -0.15) is 18.2 Å². The Morgan fingerprint density at radius 1 is 1.00 bits per heavy atom. The summed E-state index contributed by atoms with van der Waals surface area (Å²) in [5, 5.41) is 2.97. The van der Waals surface area contributed by atoms with Gasteiger partial charge in [0.25, 0.3) is 0 Å². The molecule has 0 spiro atoms. The van der Waals surface area contributed by atoms with Crippen molar-refractivity contribution in [2.24, 2.45) is 0 Å². The van der Waals surface area contributed by atoms with Gasteiger partial charge in [-0.15, -0.1) is 0 Å². The third kappa shape index (κ3) is 3.85. The summed E-state index contributed by atoms with van der Waals surface area (Å²) in [6.45, 7) is 0. The third-order valence-corrected chi connectivity index (χ3v) is 3.37. The number of methoxy groups -OCH3 is 1. The summed E-state index contributed by atoms with van der Waals surface area (Å²) < 4.78 is 44.1. The third-order valence-electron chi connectivity index (χ3n) is 3.37. The molecule has 128 valence electrons. The summed E-state index contributed by atoms with van der Waals surface area (Å²) in [6, 6.07) is 12.3. The summed E-state index contributed by atoms with van der Waals surface area (Å²) in [4.78, 5) is 12.2. The molecule has 1 N–H and O–H groups in total. The van der Waals surface area contributed by atoms with Crippen LogP contribution in [0.1, 0.15) is 5.56 Å². The number of nitrogens with one attached hydrogen (secondary N) is 1. The Morgan fingerprint density at radius 2 is 1.76 bits per heavy atom. The van der Waals surface area contributed by atoms with E-state index in [-0.39, 0.29) is 23.1 Å². The zero-order chi connectivity index (χ0) is 17.9. The number of hydrogen-bond donors (Lipinski definition) is 1. The van der Waals surface area contributed by atoms with Crippen molar-refractivity contribution in [3.8, 4) is 17.1 Å². The highest BCUT2D eigenvalue weighted by Crippen LogP contribution is 2.36. The Balaban J connectivity index is 2.00. The Kier molecular flexibility index (Phi) is 4.51. The van der Waals surface area contributed by atoms with Crippen LogP contribution in [0, 0.1) is 0 Å². The van der Waals surface area contributed by atoms with Gasteiger partial charge in [0, 0.05) is 5.69 Å². The van der Waals surface area contributed by atoms with Gasteiger partial charge in [0.15, 0.2) is 5.82 Å². The highest BCUT2D eigenvalue weighted by Gasteiger charge is 2.31. The van der Waals surface area contributed by atoms with E-state index in [0.29, 0.717) is 0 Å². The predicted molar refractivity (Wildman–Crippen MR) is 86.5 cm³/mol. The lowest BCUT2D eigenvalue weighted by molar-refractivity contribution is -0.137. The molecular formula is C17H13F3N4O. The normalized spacial score (nSPS) is 11.2.